The van der Waals surface area contributed by atoms with Crippen LogP contribution in [-0.2, 0) is 0 Å². The van der Waals surface area contributed by atoms with E-state index < -0.39 is 5.97 Å². The number of carboxylic acid groups (broad SMARTS) is 1. The van der Waals surface area contributed by atoms with E-state index in [1.54, 1.807) is 0 Å². The van der Waals surface area contributed by atoms with Crippen LogP contribution in [0.3, 0.4) is 0 Å². The monoisotopic (exact) mass is 207 g/mol. The van der Waals surface area contributed by atoms with Gasteiger partial charge in [0.15, 0.2) is 0 Å². The van der Waals surface area contributed by atoms with Gasteiger partial charge in [-0.05, 0) is 18.9 Å². The van der Waals surface area contributed by atoms with Crippen LogP contribution in [-0.4, -0.2) is 29.1 Å². The van der Waals surface area contributed by atoms with E-state index in [4.69, 9.17) is 10.8 Å². The van der Waals surface area contributed by atoms with E-state index in [-0.39, 0.29) is 5.56 Å². The van der Waals surface area contributed by atoms with Crippen molar-refractivity contribution in [1.82, 2.24) is 4.98 Å². The number of nitrogens with two attached hydrogens (primary N) is 1. The average Bonchev–Trinajstić information content (AvgIpc) is 2.70. The lowest BCUT2D eigenvalue weighted by molar-refractivity contribution is 0.0697. The molecule has 0 radical (unpaired) electrons. The summed E-state index contributed by atoms with van der Waals surface area (Å²) in [5.74, 6) is -0.439. The van der Waals surface area contributed by atoms with Crippen molar-refractivity contribution >= 4 is 17.5 Å². The van der Waals surface area contributed by atoms with Gasteiger partial charge in [0.1, 0.15) is 11.4 Å². The molecule has 0 unspecified atom stereocenters. The number of carbonyl (C=O) groups is 1. The molecule has 5 nitrogen and oxygen atoms in total. The summed E-state index contributed by atoms with van der Waals surface area (Å²) < 4.78 is 0. The van der Waals surface area contributed by atoms with Gasteiger partial charge in [0, 0.05) is 13.1 Å². The summed E-state index contributed by atoms with van der Waals surface area (Å²) in [6.45, 7) is 1.74. The molecule has 0 bridgehead atoms. The van der Waals surface area contributed by atoms with Crippen molar-refractivity contribution in [1.29, 1.82) is 0 Å². The molecule has 15 heavy (non-hydrogen) atoms. The van der Waals surface area contributed by atoms with Gasteiger partial charge >= 0.3 is 5.97 Å². The number of rotatable bonds is 2. The molecule has 1 aromatic rings. The van der Waals surface area contributed by atoms with E-state index >= 15 is 0 Å². The quantitative estimate of drug-likeness (QED) is 0.755. The van der Waals surface area contributed by atoms with Crippen LogP contribution in [0.5, 0.6) is 0 Å². The molecule has 2 rings (SSSR count). The molecule has 1 aliphatic heterocycles. The van der Waals surface area contributed by atoms with Crippen molar-refractivity contribution in [2.75, 3.05) is 23.7 Å². The summed E-state index contributed by atoms with van der Waals surface area (Å²) in [5.41, 5.74) is 6.10. The molecule has 80 valence electrons. The van der Waals surface area contributed by atoms with E-state index in [1.165, 1.54) is 12.3 Å². The third-order valence-corrected chi connectivity index (χ3v) is 2.52. The first-order valence-electron chi connectivity index (χ1n) is 4.92. The summed E-state index contributed by atoms with van der Waals surface area (Å²) in [4.78, 5) is 17.1. The van der Waals surface area contributed by atoms with Crippen molar-refractivity contribution < 1.29 is 9.90 Å². The molecule has 0 amide bonds. The van der Waals surface area contributed by atoms with Crippen LogP contribution in [0.1, 0.15) is 23.2 Å². The Balaban J connectivity index is 2.40. The molecule has 1 fully saturated rings. The minimum atomic E-state index is -0.975. The van der Waals surface area contributed by atoms with E-state index in [9.17, 15) is 4.79 Å². The van der Waals surface area contributed by atoms with E-state index in [0.717, 1.165) is 25.9 Å². The Morgan fingerprint density at radius 2 is 2.13 bits per heavy atom. The number of pyridine rings is 1. The summed E-state index contributed by atoms with van der Waals surface area (Å²) in [7, 11) is 0. The van der Waals surface area contributed by atoms with Crippen LogP contribution >= 0.6 is 0 Å². The molecule has 1 aromatic heterocycles. The SMILES string of the molecule is Nc1cnc(N2CCCC2)c(C(=O)O)c1. The topological polar surface area (TPSA) is 79.5 Å². The molecule has 0 aliphatic carbocycles. The van der Waals surface area contributed by atoms with Gasteiger partial charge in [-0.1, -0.05) is 0 Å². The molecular weight excluding hydrogens is 194 g/mol. The van der Waals surface area contributed by atoms with Gasteiger partial charge in [-0.25, -0.2) is 9.78 Å². The van der Waals surface area contributed by atoms with Gasteiger partial charge in [-0.3, -0.25) is 0 Å². The van der Waals surface area contributed by atoms with Crippen molar-refractivity contribution in [3.8, 4) is 0 Å². The molecule has 2 heterocycles. The number of anilines is 2. The maximum Gasteiger partial charge on any atom is 0.339 e. The first-order chi connectivity index (χ1) is 7.18. The number of nitrogens with zero attached hydrogens (tertiary/aromatic N) is 2. The first kappa shape index (κ1) is 9.76. The van der Waals surface area contributed by atoms with E-state index in [1.807, 2.05) is 4.90 Å². The van der Waals surface area contributed by atoms with Crippen LogP contribution in [0.2, 0.25) is 0 Å². The maximum absolute atomic E-state index is 11.0. The molecule has 1 aliphatic rings. The highest BCUT2D eigenvalue weighted by molar-refractivity contribution is 5.94. The van der Waals surface area contributed by atoms with E-state index in [2.05, 4.69) is 4.98 Å². The van der Waals surface area contributed by atoms with E-state index in [0.29, 0.717) is 11.5 Å². The van der Waals surface area contributed by atoms with Crippen molar-refractivity contribution in [2.45, 2.75) is 12.8 Å². The zero-order chi connectivity index (χ0) is 10.8. The minimum Gasteiger partial charge on any atom is -0.478 e. The lowest BCUT2D eigenvalue weighted by Gasteiger charge is -2.18. The van der Waals surface area contributed by atoms with Crippen molar-refractivity contribution in [3.05, 3.63) is 17.8 Å². The van der Waals surface area contributed by atoms with Gasteiger partial charge in [0.2, 0.25) is 0 Å². The largest absolute Gasteiger partial charge is 0.478 e. The predicted octanol–water partition coefficient (Wildman–Crippen LogP) is 0.962. The summed E-state index contributed by atoms with van der Waals surface area (Å²) in [6, 6.07) is 1.46. The smallest absolute Gasteiger partial charge is 0.339 e. The fourth-order valence-corrected chi connectivity index (χ4v) is 1.81. The Labute approximate surface area is 87.5 Å². The Morgan fingerprint density at radius 3 is 2.73 bits per heavy atom. The second kappa shape index (κ2) is 3.76. The predicted molar refractivity (Wildman–Crippen MR) is 57.1 cm³/mol. The summed E-state index contributed by atoms with van der Waals surface area (Å²) in [6.07, 6.45) is 3.68. The maximum atomic E-state index is 11.0. The van der Waals surface area contributed by atoms with Gasteiger partial charge in [0.05, 0.1) is 11.9 Å². The van der Waals surface area contributed by atoms with Crippen molar-refractivity contribution in [3.63, 3.8) is 0 Å². The van der Waals surface area contributed by atoms with Gasteiger partial charge in [-0.15, -0.1) is 0 Å². The standard InChI is InChI=1S/C10H13N3O2/c11-7-5-8(10(14)15)9(12-6-7)13-3-1-2-4-13/h5-6H,1-4,11H2,(H,14,15). The van der Waals surface area contributed by atoms with Gasteiger partial charge in [0.25, 0.3) is 0 Å². The summed E-state index contributed by atoms with van der Waals surface area (Å²) in [5, 5.41) is 9.03. The second-order valence-corrected chi connectivity index (χ2v) is 3.64. The molecular formula is C10H13N3O2. The zero-order valence-electron chi connectivity index (χ0n) is 8.31. The average molecular weight is 207 g/mol. The highest BCUT2D eigenvalue weighted by Gasteiger charge is 2.20. The molecule has 5 heteroatoms. The molecule has 3 N–H and O–H groups in total. The number of nitrogen functional groups attached to an aromatic ring is 1. The summed E-state index contributed by atoms with van der Waals surface area (Å²) >= 11 is 0. The normalized spacial score (nSPS) is 15.6. The molecule has 1 saturated heterocycles. The highest BCUT2D eigenvalue weighted by atomic mass is 16.4. The Morgan fingerprint density at radius 1 is 1.47 bits per heavy atom. The third-order valence-electron chi connectivity index (χ3n) is 2.52. The molecule has 0 aromatic carbocycles. The van der Waals surface area contributed by atoms with Gasteiger partial charge < -0.3 is 15.7 Å². The number of hydrogen-bond acceptors (Lipinski definition) is 4. The Hall–Kier alpha value is -1.78. The van der Waals surface area contributed by atoms with Crippen LogP contribution in [0.25, 0.3) is 0 Å². The highest BCUT2D eigenvalue weighted by Crippen LogP contribution is 2.23. The lowest BCUT2D eigenvalue weighted by atomic mass is 10.2. The molecule has 0 atom stereocenters. The van der Waals surface area contributed by atoms with Crippen LogP contribution in [0, 0.1) is 0 Å². The Kier molecular flexibility index (Phi) is 2.45. The zero-order valence-corrected chi connectivity index (χ0v) is 8.31. The van der Waals surface area contributed by atoms with Crippen LogP contribution in [0.4, 0.5) is 11.5 Å². The third kappa shape index (κ3) is 1.86. The number of hydrogen-bond donors (Lipinski definition) is 2. The first-order valence-corrected chi connectivity index (χ1v) is 4.92. The molecule has 0 saturated carbocycles. The van der Waals surface area contributed by atoms with Crippen molar-refractivity contribution in [2.24, 2.45) is 0 Å². The van der Waals surface area contributed by atoms with Gasteiger partial charge in [-0.2, -0.15) is 0 Å². The Bertz CT molecular complexity index is 386. The number of aromatic carboxylic acids is 1. The minimum absolute atomic E-state index is 0.192. The van der Waals surface area contributed by atoms with Crippen LogP contribution in [0.15, 0.2) is 12.3 Å². The number of aromatic nitrogens is 1. The fourth-order valence-electron chi connectivity index (χ4n) is 1.81. The number of carboxylic acids is 1. The lowest BCUT2D eigenvalue weighted by Crippen LogP contribution is -2.22. The fraction of sp³-hybridized carbons (Fsp3) is 0.400. The molecule has 0 spiro atoms. The second-order valence-electron chi connectivity index (χ2n) is 3.64. The van der Waals surface area contributed by atoms with Crippen LogP contribution < -0.4 is 10.6 Å².